The predicted octanol–water partition coefficient (Wildman–Crippen LogP) is 2.83. The minimum atomic E-state index is -0.525. The highest BCUT2D eigenvalue weighted by molar-refractivity contribution is 7.87. The maximum absolute atomic E-state index is 9.98. The maximum Gasteiger partial charge on any atom is 0.227 e. The SMILES string of the molecule is N#CN=[S@]1CCc2nc(N3CCC(c4ncc(Cl)cn4)CC3)nc(NC3(CO)CCC3)c21. The predicted molar refractivity (Wildman–Crippen MR) is 123 cm³/mol. The summed E-state index contributed by atoms with van der Waals surface area (Å²) in [6.07, 6.45) is 10.8. The first-order valence-corrected chi connectivity index (χ1v) is 12.7. The van der Waals surface area contributed by atoms with Gasteiger partial charge in [-0.1, -0.05) is 11.6 Å². The topological polar surface area (TPSA) is 123 Å². The van der Waals surface area contributed by atoms with Gasteiger partial charge in [0.15, 0.2) is 0 Å². The Kier molecular flexibility index (Phi) is 5.97. The lowest BCUT2D eigenvalue weighted by Gasteiger charge is -2.42. The molecule has 1 atom stereocenters. The fraction of sp³-hybridized carbons (Fsp3) is 0.571. The number of aryl methyl sites for hydroxylation is 1. The van der Waals surface area contributed by atoms with Gasteiger partial charge in [0.05, 0.1) is 27.8 Å². The monoisotopic (exact) mass is 472 g/mol. The average molecular weight is 473 g/mol. The second-order valence-corrected chi connectivity index (χ2v) is 10.8. The number of hydrogen-bond donors (Lipinski definition) is 2. The molecule has 0 radical (unpaired) electrons. The van der Waals surface area contributed by atoms with E-state index in [1.807, 2.05) is 6.19 Å². The molecule has 168 valence electrons. The van der Waals surface area contributed by atoms with Crippen molar-refractivity contribution in [1.29, 1.82) is 5.26 Å². The van der Waals surface area contributed by atoms with Gasteiger partial charge in [-0.15, -0.1) is 4.36 Å². The van der Waals surface area contributed by atoms with Gasteiger partial charge in [-0.3, -0.25) is 0 Å². The number of rotatable bonds is 5. The molecule has 3 aliphatic rings. The summed E-state index contributed by atoms with van der Waals surface area (Å²) >= 11 is 5.92. The molecule has 0 spiro atoms. The van der Waals surface area contributed by atoms with Gasteiger partial charge >= 0.3 is 0 Å². The van der Waals surface area contributed by atoms with Crippen molar-refractivity contribution in [3.63, 3.8) is 0 Å². The summed E-state index contributed by atoms with van der Waals surface area (Å²) in [7, 11) is -0.525. The van der Waals surface area contributed by atoms with Crippen LogP contribution in [0, 0.1) is 11.5 Å². The smallest absolute Gasteiger partial charge is 0.227 e. The lowest BCUT2D eigenvalue weighted by Crippen LogP contribution is -2.48. The van der Waals surface area contributed by atoms with Gasteiger partial charge < -0.3 is 15.3 Å². The molecule has 2 aromatic rings. The fourth-order valence-corrected chi connectivity index (χ4v) is 6.32. The molecule has 9 nitrogen and oxygen atoms in total. The molecule has 0 bridgehead atoms. The van der Waals surface area contributed by atoms with Gasteiger partial charge in [0.25, 0.3) is 0 Å². The molecule has 4 heterocycles. The molecule has 1 aliphatic carbocycles. The number of piperidine rings is 1. The molecule has 1 saturated heterocycles. The van der Waals surface area contributed by atoms with E-state index in [2.05, 4.69) is 24.5 Å². The van der Waals surface area contributed by atoms with Crippen LogP contribution in [0.5, 0.6) is 0 Å². The van der Waals surface area contributed by atoms with E-state index >= 15 is 0 Å². The zero-order chi connectivity index (χ0) is 22.1. The first-order valence-electron chi connectivity index (χ1n) is 10.9. The molecule has 2 N–H and O–H groups in total. The van der Waals surface area contributed by atoms with E-state index in [1.54, 1.807) is 12.4 Å². The third-order valence-electron chi connectivity index (χ3n) is 6.62. The molecule has 1 saturated carbocycles. The lowest BCUT2D eigenvalue weighted by molar-refractivity contribution is 0.143. The van der Waals surface area contributed by atoms with E-state index in [4.69, 9.17) is 26.8 Å². The number of aromatic nitrogens is 4. The largest absolute Gasteiger partial charge is 0.394 e. The Hall–Kier alpha value is -2.35. The van der Waals surface area contributed by atoms with E-state index in [0.29, 0.717) is 16.9 Å². The van der Waals surface area contributed by atoms with Crippen LogP contribution in [0.25, 0.3) is 0 Å². The molecule has 2 aliphatic heterocycles. The third kappa shape index (κ3) is 4.05. The van der Waals surface area contributed by atoms with Gasteiger partial charge in [0.2, 0.25) is 12.1 Å². The molecule has 5 rings (SSSR count). The van der Waals surface area contributed by atoms with Crippen molar-refractivity contribution in [2.24, 2.45) is 4.36 Å². The third-order valence-corrected chi connectivity index (χ3v) is 8.61. The molecule has 2 aromatic heterocycles. The number of aliphatic hydroxyl groups is 1. The molecular formula is C21H25ClN8OS. The van der Waals surface area contributed by atoms with Crippen LogP contribution in [-0.2, 0) is 17.1 Å². The number of halogens is 1. The Balaban J connectivity index is 1.40. The van der Waals surface area contributed by atoms with Crippen molar-refractivity contribution >= 4 is 34.1 Å². The Bertz CT molecular complexity index is 1070. The van der Waals surface area contributed by atoms with Crippen LogP contribution in [0.1, 0.15) is 49.5 Å². The van der Waals surface area contributed by atoms with Gasteiger partial charge in [0, 0.05) is 43.6 Å². The number of nitrogens with one attached hydrogen (secondary N) is 1. The Morgan fingerprint density at radius 2 is 2.03 bits per heavy atom. The summed E-state index contributed by atoms with van der Waals surface area (Å²) in [4.78, 5) is 21.7. The van der Waals surface area contributed by atoms with E-state index in [0.717, 1.165) is 79.6 Å². The summed E-state index contributed by atoms with van der Waals surface area (Å²) in [5, 5.41) is 23.2. The minimum absolute atomic E-state index is 0.0662. The number of hydrogen-bond acceptors (Lipinski definition) is 9. The lowest BCUT2D eigenvalue weighted by atomic mass is 9.77. The first-order chi connectivity index (χ1) is 15.6. The molecule has 0 unspecified atom stereocenters. The normalized spacial score (nSPS) is 22.3. The average Bonchev–Trinajstić information content (AvgIpc) is 3.20. The van der Waals surface area contributed by atoms with Crippen molar-refractivity contribution in [3.05, 3.63) is 28.9 Å². The quantitative estimate of drug-likeness (QED) is 0.636. The van der Waals surface area contributed by atoms with Gasteiger partial charge in [-0.25, -0.2) is 15.0 Å². The van der Waals surface area contributed by atoms with E-state index < -0.39 is 10.7 Å². The number of fused-ring (bicyclic) bond motifs is 1. The maximum atomic E-state index is 9.98. The van der Waals surface area contributed by atoms with E-state index in [-0.39, 0.29) is 12.1 Å². The number of anilines is 2. The minimum Gasteiger partial charge on any atom is -0.394 e. The summed E-state index contributed by atoms with van der Waals surface area (Å²) in [5.41, 5.74) is 0.637. The van der Waals surface area contributed by atoms with Crippen molar-refractivity contribution in [3.8, 4) is 6.19 Å². The zero-order valence-corrected chi connectivity index (χ0v) is 19.2. The summed E-state index contributed by atoms with van der Waals surface area (Å²) < 4.78 is 4.13. The highest BCUT2D eigenvalue weighted by Crippen LogP contribution is 2.39. The number of aliphatic hydroxyl groups excluding tert-OH is 1. The molecule has 2 fully saturated rings. The Morgan fingerprint density at radius 1 is 1.28 bits per heavy atom. The van der Waals surface area contributed by atoms with E-state index in [1.165, 1.54) is 0 Å². The molecule has 0 amide bonds. The Labute approximate surface area is 194 Å². The fourth-order valence-electron chi connectivity index (χ4n) is 4.61. The van der Waals surface area contributed by atoms with Crippen LogP contribution >= 0.6 is 11.6 Å². The highest BCUT2D eigenvalue weighted by Gasteiger charge is 2.39. The van der Waals surface area contributed by atoms with E-state index in [9.17, 15) is 5.11 Å². The van der Waals surface area contributed by atoms with Crippen molar-refractivity contribution < 1.29 is 5.11 Å². The van der Waals surface area contributed by atoms with Crippen LogP contribution in [0.15, 0.2) is 21.7 Å². The van der Waals surface area contributed by atoms with Crippen LogP contribution in [0.3, 0.4) is 0 Å². The van der Waals surface area contributed by atoms with Crippen molar-refractivity contribution in [1.82, 2.24) is 19.9 Å². The summed E-state index contributed by atoms with van der Waals surface area (Å²) in [6.45, 7) is 1.69. The van der Waals surface area contributed by atoms with Gasteiger partial charge in [-0.05, 0) is 42.8 Å². The second kappa shape index (κ2) is 8.89. The standard InChI is InChI=1S/C21H25ClN8OS/c22-15-10-24-18(25-11-15)14-2-7-30(8-3-14)20-27-16-4-9-32(26-13-23)17(16)19(28-20)29-21(12-31)5-1-6-21/h10-11,14,31H,1-9,12H2,(H,27,28,29)/t32-/m0/s1. The number of nitriles is 1. The molecule has 0 aromatic carbocycles. The van der Waals surface area contributed by atoms with Crippen LogP contribution in [0.2, 0.25) is 5.02 Å². The van der Waals surface area contributed by atoms with Gasteiger partial charge in [0.1, 0.15) is 11.6 Å². The summed E-state index contributed by atoms with van der Waals surface area (Å²) in [5.74, 6) is 3.36. The molecule has 32 heavy (non-hydrogen) atoms. The molecular weight excluding hydrogens is 448 g/mol. The first kappa shape index (κ1) is 21.5. The zero-order valence-electron chi connectivity index (χ0n) is 17.7. The van der Waals surface area contributed by atoms with Crippen LogP contribution in [-0.4, -0.2) is 56.0 Å². The highest BCUT2D eigenvalue weighted by atomic mass is 35.5. The molecule has 11 heteroatoms. The van der Waals surface area contributed by atoms with Crippen LogP contribution in [0.4, 0.5) is 11.8 Å². The van der Waals surface area contributed by atoms with Crippen molar-refractivity contribution in [2.75, 3.05) is 35.7 Å². The van der Waals surface area contributed by atoms with Crippen LogP contribution < -0.4 is 10.2 Å². The van der Waals surface area contributed by atoms with Crippen molar-refractivity contribution in [2.45, 2.75) is 54.9 Å². The second-order valence-electron chi connectivity index (χ2n) is 8.60. The number of nitrogens with zero attached hydrogens (tertiary/aromatic N) is 7. The summed E-state index contributed by atoms with van der Waals surface area (Å²) in [6, 6.07) is 0. The van der Waals surface area contributed by atoms with Gasteiger partial charge in [-0.2, -0.15) is 10.2 Å². The Morgan fingerprint density at radius 3 is 2.66 bits per heavy atom.